The van der Waals surface area contributed by atoms with Gasteiger partial charge in [0.05, 0.1) is 36.6 Å². The Bertz CT molecular complexity index is 1570. The van der Waals surface area contributed by atoms with Crippen molar-refractivity contribution in [3.63, 3.8) is 0 Å². The maximum atomic E-state index is 14.8. The number of fused-ring (bicyclic) bond motifs is 6. The number of ether oxygens (including phenoxy) is 6. The van der Waals surface area contributed by atoms with Gasteiger partial charge in [0.1, 0.15) is 18.3 Å². The molecule has 58 heavy (non-hydrogen) atoms. The van der Waals surface area contributed by atoms with Gasteiger partial charge in [-0.3, -0.25) is 4.79 Å². The third kappa shape index (κ3) is 7.92. The number of cyclic esters (lactones) is 1. The molecule has 0 aliphatic carbocycles. The average Bonchev–Trinajstić information content (AvgIpc) is 3.78. The summed E-state index contributed by atoms with van der Waals surface area (Å²) in [5, 5.41) is 23.4. The SMILES string of the molecule is CC(=O)O[C@H](C)[C@@H]1C/C=C\CC[C@H](O)C(C)(C)[C@@H]2CC[C@@H](C)[C@]3(O2)O[B-]24O[C@@H](C(=O)O1)[C@@]1(O[C@@H](CC[C@H]1C)C(C)(C)[C@H](O)CCC[C@@H]1C[C@H](OC(=O)[C@@H]3O2)[C@@H](C)O1)O4. The van der Waals surface area contributed by atoms with Crippen LogP contribution in [0.2, 0.25) is 0 Å². The molecule has 7 aliphatic heterocycles. The standard InChI is InChI=1S/C42H66BO15/c1-23-19-21-34-40(8,9)32(46)17-13-14-28-22-30(26(4)50-28)52-38(48)36-42-24(2)18-20-33(53-42)39(6,7)31(45)16-12-10-11-15-29(25(3)49-27(5)44)51-37(47)35-41(23,54-34)57-43(55-35,56-36)58-42/h10-11,23-26,28-36,45-46H,12-22H2,1-9H3/q-1/b11-10-/t23-,24-,25-,26-,28-,29+,30+,31+,32-,33+,34+,35+,36+,41+,42+,43?/m1/s1. The summed E-state index contributed by atoms with van der Waals surface area (Å²) in [6, 6.07) is 0. The van der Waals surface area contributed by atoms with E-state index in [1.54, 1.807) is 6.92 Å². The molecule has 328 valence electrons. The zero-order valence-corrected chi connectivity index (χ0v) is 35.7. The summed E-state index contributed by atoms with van der Waals surface area (Å²) in [6.45, 7) is 12.8. The van der Waals surface area contributed by atoms with E-state index < -0.39 is 120 Å². The maximum Gasteiger partial charge on any atom is 0.536 e. The molecule has 0 aromatic heterocycles. The van der Waals surface area contributed by atoms with E-state index in [1.807, 2.05) is 60.6 Å². The second-order valence-corrected chi connectivity index (χ2v) is 19.3. The van der Waals surface area contributed by atoms with Gasteiger partial charge in [-0.2, -0.15) is 0 Å². The molecule has 9 bridgehead atoms. The summed E-state index contributed by atoms with van der Waals surface area (Å²) >= 11 is 0. The van der Waals surface area contributed by atoms with E-state index in [9.17, 15) is 24.6 Å². The third-order valence-corrected chi connectivity index (χ3v) is 14.5. The lowest BCUT2D eigenvalue weighted by atomic mass is 9.73. The lowest BCUT2D eigenvalue weighted by Gasteiger charge is -2.52. The molecule has 0 saturated carbocycles. The summed E-state index contributed by atoms with van der Waals surface area (Å²) in [5.74, 6) is -6.88. The van der Waals surface area contributed by atoms with Crippen molar-refractivity contribution in [3.05, 3.63) is 12.2 Å². The molecule has 7 heterocycles. The Morgan fingerprint density at radius 3 is 1.91 bits per heavy atom. The summed E-state index contributed by atoms with van der Waals surface area (Å²) in [5.41, 5.74) is -1.64. The van der Waals surface area contributed by atoms with Crippen LogP contribution in [-0.4, -0.2) is 114 Å². The van der Waals surface area contributed by atoms with Gasteiger partial charge < -0.3 is 57.3 Å². The Kier molecular flexibility index (Phi) is 12.3. The molecule has 6 fully saturated rings. The number of hydrogen-bond donors (Lipinski definition) is 2. The fraction of sp³-hybridized carbons (Fsp3) is 0.881. The Hall–Kier alpha value is -2.15. The molecule has 7 aliphatic rings. The Labute approximate surface area is 342 Å². The second-order valence-electron chi connectivity index (χ2n) is 19.3. The molecule has 2 N–H and O–H groups in total. The number of allylic oxidation sites excluding steroid dienone is 1. The normalized spacial score (nSPS) is 48.0. The first-order valence-corrected chi connectivity index (χ1v) is 21.7. The second kappa shape index (κ2) is 16.3. The molecule has 0 radical (unpaired) electrons. The highest BCUT2D eigenvalue weighted by molar-refractivity contribution is 6.56. The zero-order valence-electron chi connectivity index (χ0n) is 35.7. The van der Waals surface area contributed by atoms with Crippen LogP contribution >= 0.6 is 0 Å². The molecule has 0 amide bonds. The minimum absolute atomic E-state index is 0.181. The highest BCUT2D eigenvalue weighted by Crippen LogP contribution is 2.57. The molecule has 0 aromatic carbocycles. The Morgan fingerprint density at radius 2 is 1.34 bits per heavy atom. The Morgan fingerprint density at radius 1 is 0.793 bits per heavy atom. The molecule has 15 nitrogen and oxygen atoms in total. The van der Waals surface area contributed by atoms with E-state index in [0.29, 0.717) is 64.2 Å². The van der Waals surface area contributed by atoms with Crippen LogP contribution < -0.4 is 0 Å². The minimum Gasteiger partial charge on any atom is -0.504 e. The van der Waals surface area contributed by atoms with Gasteiger partial charge in [0.15, 0.2) is 23.8 Å². The first-order valence-electron chi connectivity index (χ1n) is 21.7. The van der Waals surface area contributed by atoms with Crippen LogP contribution in [0.1, 0.15) is 133 Å². The van der Waals surface area contributed by atoms with Crippen molar-refractivity contribution in [1.82, 2.24) is 0 Å². The summed E-state index contributed by atoms with van der Waals surface area (Å²) in [4.78, 5) is 41.6. The molecule has 0 aromatic rings. The highest BCUT2D eigenvalue weighted by atomic mass is 17.0. The molecule has 3 spiro atoms. The van der Waals surface area contributed by atoms with Gasteiger partial charge >= 0.3 is 24.9 Å². The molecule has 6 saturated heterocycles. The van der Waals surface area contributed by atoms with Crippen LogP contribution in [0.3, 0.4) is 0 Å². The predicted molar refractivity (Wildman–Crippen MR) is 206 cm³/mol. The van der Waals surface area contributed by atoms with E-state index in [0.717, 1.165) is 0 Å². The van der Waals surface area contributed by atoms with Crippen molar-refractivity contribution in [2.45, 2.75) is 212 Å². The van der Waals surface area contributed by atoms with E-state index in [1.165, 1.54) is 6.92 Å². The smallest absolute Gasteiger partial charge is 0.504 e. The highest BCUT2D eigenvalue weighted by Gasteiger charge is 2.73. The van der Waals surface area contributed by atoms with Crippen molar-refractivity contribution in [3.8, 4) is 0 Å². The van der Waals surface area contributed by atoms with Crippen molar-refractivity contribution >= 4 is 24.9 Å². The minimum atomic E-state index is -3.49. The Balaban J connectivity index is 1.38. The summed E-state index contributed by atoms with van der Waals surface area (Å²) in [7, 11) is 0. The van der Waals surface area contributed by atoms with E-state index >= 15 is 0 Å². The van der Waals surface area contributed by atoms with Crippen LogP contribution in [0.4, 0.5) is 0 Å². The fourth-order valence-electron chi connectivity index (χ4n) is 10.3. The van der Waals surface area contributed by atoms with Gasteiger partial charge in [-0.05, 0) is 71.6 Å². The molecule has 16 atom stereocenters. The van der Waals surface area contributed by atoms with Crippen LogP contribution in [0, 0.1) is 22.7 Å². The monoisotopic (exact) mass is 821 g/mol. The zero-order chi connectivity index (χ0) is 42.0. The third-order valence-electron chi connectivity index (χ3n) is 14.5. The molecule has 1 unspecified atom stereocenters. The first-order chi connectivity index (χ1) is 27.2. The first kappa shape index (κ1) is 43.9. The molecule has 7 rings (SSSR count). The lowest BCUT2D eigenvalue weighted by molar-refractivity contribution is -0.311. The van der Waals surface area contributed by atoms with Crippen molar-refractivity contribution < 1.29 is 71.6 Å². The lowest BCUT2D eigenvalue weighted by Crippen LogP contribution is -2.61. The topological polar surface area (TPSA) is 184 Å². The van der Waals surface area contributed by atoms with E-state index in [2.05, 4.69) is 0 Å². The number of aliphatic hydroxyl groups is 2. The van der Waals surface area contributed by atoms with Crippen molar-refractivity contribution in [1.29, 1.82) is 0 Å². The van der Waals surface area contributed by atoms with Crippen molar-refractivity contribution in [2.24, 2.45) is 22.7 Å². The van der Waals surface area contributed by atoms with Gasteiger partial charge in [0.2, 0.25) is 0 Å². The number of aliphatic hydroxyl groups excluding tert-OH is 2. The van der Waals surface area contributed by atoms with Gasteiger partial charge in [0.25, 0.3) is 0 Å². The fourth-order valence-corrected chi connectivity index (χ4v) is 10.3. The van der Waals surface area contributed by atoms with Crippen LogP contribution in [0.15, 0.2) is 12.2 Å². The number of carbonyl (C=O) groups is 3. The number of rotatable bonds is 2. The molecular formula is C42H66BO15-. The van der Waals surface area contributed by atoms with E-state index in [-0.39, 0.29) is 12.5 Å². The largest absolute Gasteiger partial charge is 0.536 e. The summed E-state index contributed by atoms with van der Waals surface area (Å²) in [6.07, 6.45) is 0.165. The number of hydrogen-bond acceptors (Lipinski definition) is 15. The average molecular weight is 822 g/mol. The van der Waals surface area contributed by atoms with Gasteiger partial charge in [0, 0.05) is 42.4 Å². The van der Waals surface area contributed by atoms with Crippen LogP contribution in [0.25, 0.3) is 0 Å². The summed E-state index contributed by atoms with van der Waals surface area (Å²) < 4.78 is 65.3. The van der Waals surface area contributed by atoms with Crippen LogP contribution in [-0.2, 0) is 61.4 Å². The van der Waals surface area contributed by atoms with Gasteiger partial charge in [-0.25, -0.2) is 9.59 Å². The molecular weight excluding hydrogens is 755 g/mol. The maximum absolute atomic E-state index is 14.8. The van der Waals surface area contributed by atoms with Crippen molar-refractivity contribution in [2.75, 3.05) is 0 Å². The number of esters is 3. The van der Waals surface area contributed by atoms with E-state index in [4.69, 9.17) is 47.0 Å². The van der Waals surface area contributed by atoms with Gasteiger partial charge in [-0.15, -0.1) is 0 Å². The quantitative estimate of drug-likeness (QED) is 0.165. The van der Waals surface area contributed by atoms with Gasteiger partial charge in [-0.1, -0.05) is 53.7 Å². The predicted octanol–water partition coefficient (Wildman–Crippen LogP) is 4.93. The molecule has 16 heteroatoms. The number of carbonyl (C=O) groups excluding carboxylic acids is 3. The van der Waals surface area contributed by atoms with Crippen LogP contribution in [0.5, 0.6) is 0 Å².